The molecule has 0 radical (unpaired) electrons. The van der Waals surface area contributed by atoms with Crippen molar-refractivity contribution in [3.63, 3.8) is 0 Å². The third kappa shape index (κ3) is 2.42. The van der Waals surface area contributed by atoms with E-state index in [1.54, 1.807) is 4.88 Å². The van der Waals surface area contributed by atoms with Crippen LogP contribution >= 0.6 is 11.3 Å². The second-order valence-corrected chi connectivity index (χ2v) is 6.35. The third-order valence-electron chi connectivity index (χ3n) is 4.40. The Hall–Kier alpha value is -0.380. The summed E-state index contributed by atoms with van der Waals surface area (Å²) < 4.78 is 0. The summed E-state index contributed by atoms with van der Waals surface area (Å²) in [6.45, 7) is 7.28. The molecule has 1 aromatic rings. The lowest BCUT2D eigenvalue weighted by Crippen LogP contribution is -2.55. The van der Waals surface area contributed by atoms with Crippen molar-refractivity contribution in [2.45, 2.75) is 38.8 Å². The van der Waals surface area contributed by atoms with Crippen LogP contribution in [0.2, 0.25) is 0 Å². The van der Waals surface area contributed by atoms with E-state index in [-0.39, 0.29) is 0 Å². The van der Waals surface area contributed by atoms with Crippen molar-refractivity contribution in [3.8, 4) is 0 Å². The lowest BCUT2D eigenvalue weighted by atomic mass is 9.84. The SMILES string of the molecule is CCc1ccsc1CNC1CN2CCC1CC2. The van der Waals surface area contributed by atoms with E-state index >= 15 is 0 Å². The molecule has 17 heavy (non-hydrogen) atoms. The minimum atomic E-state index is 0.740. The Morgan fingerprint density at radius 1 is 1.41 bits per heavy atom. The Morgan fingerprint density at radius 2 is 2.24 bits per heavy atom. The molecule has 3 aliphatic heterocycles. The lowest BCUT2D eigenvalue weighted by molar-refractivity contribution is 0.0721. The van der Waals surface area contributed by atoms with Crippen LogP contribution in [0.25, 0.3) is 0 Å². The summed E-state index contributed by atoms with van der Waals surface area (Å²) in [6, 6.07) is 3.02. The first kappa shape index (κ1) is 11.7. The molecule has 4 rings (SSSR count). The van der Waals surface area contributed by atoms with Gasteiger partial charge in [-0.3, -0.25) is 0 Å². The van der Waals surface area contributed by atoms with Crippen molar-refractivity contribution in [1.82, 2.24) is 10.2 Å². The fourth-order valence-corrected chi connectivity index (χ4v) is 4.18. The van der Waals surface area contributed by atoms with Gasteiger partial charge in [0.2, 0.25) is 0 Å². The molecular weight excluding hydrogens is 228 g/mol. The molecular formula is C14H22N2S. The van der Waals surface area contributed by atoms with E-state index in [4.69, 9.17) is 0 Å². The second-order valence-electron chi connectivity index (χ2n) is 5.35. The molecule has 2 bridgehead atoms. The fraction of sp³-hybridized carbons (Fsp3) is 0.714. The smallest absolute Gasteiger partial charge is 0.0305 e. The van der Waals surface area contributed by atoms with Gasteiger partial charge in [-0.15, -0.1) is 11.3 Å². The topological polar surface area (TPSA) is 15.3 Å². The maximum absolute atomic E-state index is 3.80. The molecule has 3 fully saturated rings. The Labute approximate surface area is 108 Å². The van der Waals surface area contributed by atoms with E-state index in [1.807, 2.05) is 11.3 Å². The van der Waals surface area contributed by atoms with Crippen LogP contribution in [0.15, 0.2) is 11.4 Å². The molecule has 3 heteroatoms. The van der Waals surface area contributed by atoms with E-state index in [2.05, 4.69) is 28.6 Å². The summed E-state index contributed by atoms with van der Waals surface area (Å²) in [6.07, 6.45) is 3.98. The Kier molecular flexibility index (Phi) is 3.50. The highest BCUT2D eigenvalue weighted by Crippen LogP contribution is 2.28. The minimum Gasteiger partial charge on any atom is -0.308 e. The number of nitrogens with one attached hydrogen (secondary N) is 1. The number of piperidine rings is 3. The summed E-state index contributed by atoms with van der Waals surface area (Å²) in [5.41, 5.74) is 1.53. The molecule has 0 aliphatic carbocycles. The molecule has 3 aliphatic rings. The molecule has 1 N–H and O–H groups in total. The van der Waals surface area contributed by atoms with E-state index in [1.165, 1.54) is 44.5 Å². The van der Waals surface area contributed by atoms with Crippen LogP contribution in [0, 0.1) is 5.92 Å². The van der Waals surface area contributed by atoms with Crippen molar-refractivity contribution in [3.05, 3.63) is 21.9 Å². The van der Waals surface area contributed by atoms with Gasteiger partial charge in [0.15, 0.2) is 0 Å². The highest BCUT2D eigenvalue weighted by atomic mass is 32.1. The number of rotatable bonds is 4. The molecule has 0 saturated carbocycles. The predicted molar refractivity (Wildman–Crippen MR) is 73.5 cm³/mol. The maximum atomic E-state index is 3.80. The van der Waals surface area contributed by atoms with Crippen LogP contribution < -0.4 is 5.32 Å². The number of aryl methyl sites for hydroxylation is 1. The maximum Gasteiger partial charge on any atom is 0.0305 e. The largest absolute Gasteiger partial charge is 0.308 e. The number of hydrogen-bond donors (Lipinski definition) is 1. The van der Waals surface area contributed by atoms with Gasteiger partial charge in [0, 0.05) is 24.0 Å². The standard InChI is InChI=1S/C14H22N2S/c1-2-11-5-8-17-14(11)9-15-13-10-16-6-3-12(13)4-7-16/h5,8,12-13,15H,2-4,6-7,9-10H2,1H3. The van der Waals surface area contributed by atoms with Gasteiger partial charge in [0.25, 0.3) is 0 Å². The van der Waals surface area contributed by atoms with Crippen LogP contribution in [-0.2, 0) is 13.0 Å². The van der Waals surface area contributed by atoms with Crippen LogP contribution in [-0.4, -0.2) is 30.6 Å². The number of nitrogens with zero attached hydrogens (tertiary/aromatic N) is 1. The highest BCUT2D eigenvalue weighted by Gasteiger charge is 2.33. The van der Waals surface area contributed by atoms with Crippen molar-refractivity contribution >= 4 is 11.3 Å². The second kappa shape index (κ2) is 5.09. The third-order valence-corrected chi connectivity index (χ3v) is 5.36. The van der Waals surface area contributed by atoms with E-state index < -0.39 is 0 Å². The monoisotopic (exact) mass is 250 g/mol. The first-order chi connectivity index (χ1) is 8.36. The molecule has 2 nitrogen and oxygen atoms in total. The first-order valence-electron chi connectivity index (χ1n) is 6.88. The van der Waals surface area contributed by atoms with Gasteiger partial charge in [0.1, 0.15) is 0 Å². The molecule has 1 atom stereocenters. The number of hydrogen-bond acceptors (Lipinski definition) is 3. The van der Waals surface area contributed by atoms with Crippen LogP contribution in [0.4, 0.5) is 0 Å². The van der Waals surface area contributed by atoms with Gasteiger partial charge >= 0.3 is 0 Å². The van der Waals surface area contributed by atoms with Crippen LogP contribution in [0.5, 0.6) is 0 Å². The van der Waals surface area contributed by atoms with Gasteiger partial charge < -0.3 is 10.2 Å². The Balaban J connectivity index is 1.57. The summed E-state index contributed by atoms with van der Waals surface area (Å²) >= 11 is 1.91. The molecule has 1 unspecified atom stereocenters. The molecule has 1 aromatic heterocycles. The van der Waals surface area contributed by atoms with Gasteiger partial charge in [-0.25, -0.2) is 0 Å². The molecule has 3 saturated heterocycles. The Morgan fingerprint density at radius 3 is 2.88 bits per heavy atom. The van der Waals surface area contributed by atoms with Crippen molar-refractivity contribution in [2.24, 2.45) is 5.92 Å². The van der Waals surface area contributed by atoms with Crippen molar-refractivity contribution in [1.29, 1.82) is 0 Å². The average Bonchev–Trinajstić information content (AvgIpc) is 2.85. The van der Waals surface area contributed by atoms with E-state index in [0.717, 1.165) is 18.5 Å². The summed E-state index contributed by atoms with van der Waals surface area (Å²) in [5.74, 6) is 0.935. The number of thiophene rings is 1. The quantitative estimate of drug-likeness (QED) is 0.883. The zero-order valence-corrected chi connectivity index (χ0v) is 11.4. The fourth-order valence-electron chi connectivity index (χ4n) is 3.26. The van der Waals surface area contributed by atoms with E-state index in [9.17, 15) is 0 Å². The van der Waals surface area contributed by atoms with Crippen molar-refractivity contribution < 1.29 is 0 Å². The van der Waals surface area contributed by atoms with E-state index in [0.29, 0.717) is 0 Å². The predicted octanol–water partition coefficient (Wildman–Crippen LogP) is 2.49. The highest BCUT2D eigenvalue weighted by molar-refractivity contribution is 7.10. The first-order valence-corrected chi connectivity index (χ1v) is 7.75. The van der Waals surface area contributed by atoms with Gasteiger partial charge in [-0.1, -0.05) is 6.92 Å². The zero-order valence-electron chi connectivity index (χ0n) is 10.6. The van der Waals surface area contributed by atoms with Gasteiger partial charge in [-0.2, -0.15) is 0 Å². The lowest BCUT2D eigenvalue weighted by Gasteiger charge is -2.45. The molecule has 0 amide bonds. The average molecular weight is 250 g/mol. The molecule has 0 aromatic carbocycles. The summed E-state index contributed by atoms with van der Waals surface area (Å²) in [5, 5.41) is 6.03. The number of fused-ring (bicyclic) bond motifs is 3. The molecule has 0 spiro atoms. The molecule has 94 valence electrons. The Bertz CT molecular complexity index is 366. The summed E-state index contributed by atoms with van der Waals surface area (Å²) in [7, 11) is 0. The van der Waals surface area contributed by atoms with Gasteiger partial charge in [0.05, 0.1) is 0 Å². The normalized spacial score (nSPS) is 31.9. The van der Waals surface area contributed by atoms with Crippen LogP contribution in [0.1, 0.15) is 30.2 Å². The van der Waals surface area contributed by atoms with Crippen LogP contribution in [0.3, 0.4) is 0 Å². The van der Waals surface area contributed by atoms with Gasteiger partial charge in [-0.05, 0) is 55.3 Å². The zero-order chi connectivity index (χ0) is 11.7. The van der Waals surface area contributed by atoms with Crippen molar-refractivity contribution in [2.75, 3.05) is 19.6 Å². The minimum absolute atomic E-state index is 0.740. The molecule has 4 heterocycles. The summed E-state index contributed by atoms with van der Waals surface area (Å²) in [4.78, 5) is 4.16.